The number of nitrogens with one attached hydrogen (secondary N) is 3. The van der Waals surface area contributed by atoms with Crippen LogP contribution in [0.1, 0.15) is 19.0 Å². The van der Waals surface area contributed by atoms with Crippen molar-refractivity contribution in [3.8, 4) is 10.6 Å². The van der Waals surface area contributed by atoms with Gasteiger partial charge in [-0.1, -0.05) is 11.3 Å². The van der Waals surface area contributed by atoms with Gasteiger partial charge in [-0.3, -0.25) is 4.79 Å². The molecule has 3 rings (SSSR count). The van der Waals surface area contributed by atoms with Crippen LogP contribution >= 0.6 is 11.3 Å². The highest BCUT2D eigenvalue weighted by atomic mass is 32.1. The van der Waals surface area contributed by atoms with Gasteiger partial charge in [-0.15, -0.1) is 0 Å². The second kappa shape index (κ2) is 9.94. The molecule has 3 aromatic rings. The van der Waals surface area contributed by atoms with Crippen LogP contribution in [0.3, 0.4) is 0 Å². The van der Waals surface area contributed by atoms with Gasteiger partial charge in [0.15, 0.2) is 5.13 Å². The molecule has 3 N–H and O–H groups in total. The average molecular weight is 413 g/mol. The van der Waals surface area contributed by atoms with Gasteiger partial charge in [0.05, 0.1) is 16.3 Å². The fraction of sp³-hybridized carbons (Fsp3) is 0.300. The number of benzene rings is 1. The second-order valence-electron chi connectivity index (χ2n) is 6.36. The first-order chi connectivity index (χ1) is 14.0. The van der Waals surface area contributed by atoms with Crippen LogP contribution in [0.15, 0.2) is 36.5 Å². The molecule has 0 aliphatic heterocycles. The van der Waals surface area contributed by atoms with Crippen LogP contribution in [0.5, 0.6) is 0 Å². The summed E-state index contributed by atoms with van der Waals surface area (Å²) in [5.74, 6) is 0.395. The number of hydrogen-bond acceptors (Lipinski definition) is 8. The monoisotopic (exact) mass is 412 g/mol. The van der Waals surface area contributed by atoms with Gasteiger partial charge >= 0.3 is 0 Å². The van der Waals surface area contributed by atoms with E-state index >= 15 is 0 Å². The van der Waals surface area contributed by atoms with Crippen LogP contribution in [0.2, 0.25) is 0 Å². The van der Waals surface area contributed by atoms with Crippen molar-refractivity contribution in [1.29, 1.82) is 0 Å². The lowest BCUT2D eigenvalue weighted by molar-refractivity contribution is -0.114. The van der Waals surface area contributed by atoms with Crippen molar-refractivity contribution < 1.29 is 9.53 Å². The molecule has 0 atom stereocenters. The fourth-order valence-corrected chi connectivity index (χ4v) is 3.60. The zero-order chi connectivity index (χ0) is 20.6. The van der Waals surface area contributed by atoms with Gasteiger partial charge in [-0.05, 0) is 43.7 Å². The van der Waals surface area contributed by atoms with Crippen LogP contribution in [0, 0.1) is 6.92 Å². The third-order valence-electron chi connectivity index (χ3n) is 3.95. The minimum Gasteiger partial charge on any atom is -0.385 e. The maximum atomic E-state index is 11.1. The van der Waals surface area contributed by atoms with E-state index in [0.717, 1.165) is 52.3 Å². The quantitative estimate of drug-likeness (QED) is 0.456. The zero-order valence-electron chi connectivity index (χ0n) is 16.7. The molecule has 0 aliphatic rings. The Bertz CT molecular complexity index is 958. The van der Waals surface area contributed by atoms with Gasteiger partial charge in [0.1, 0.15) is 0 Å². The fourth-order valence-electron chi connectivity index (χ4n) is 2.64. The van der Waals surface area contributed by atoms with Crippen molar-refractivity contribution in [1.82, 2.24) is 15.0 Å². The minimum atomic E-state index is -0.103. The molecule has 152 valence electrons. The lowest BCUT2D eigenvalue weighted by Crippen LogP contribution is -2.05. The Morgan fingerprint density at radius 2 is 1.90 bits per heavy atom. The van der Waals surface area contributed by atoms with E-state index in [-0.39, 0.29) is 5.91 Å². The number of amides is 1. The number of carbonyl (C=O) groups excluding carboxylic acids is 1. The van der Waals surface area contributed by atoms with E-state index < -0.39 is 0 Å². The second-order valence-corrected chi connectivity index (χ2v) is 7.35. The van der Waals surface area contributed by atoms with Gasteiger partial charge in [-0.25, -0.2) is 15.0 Å². The van der Waals surface area contributed by atoms with E-state index in [1.165, 1.54) is 6.92 Å². The molecule has 0 saturated heterocycles. The van der Waals surface area contributed by atoms with Gasteiger partial charge < -0.3 is 20.7 Å². The summed E-state index contributed by atoms with van der Waals surface area (Å²) in [6.07, 6.45) is 2.65. The molecule has 0 bridgehead atoms. The summed E-state index contributed by atoms with van der Waals surface area (Å²) in [7, 11) is 1.70. The third kappa shape index (κ3) is 5.97. The van der Waals surface area contributed by atoms with Gasteiger partial charge in [0.25, 0.3) is 0 Å². The highest BCUT2D eigenvalue weighted by Crippen LogP contribution is 2.32. The van der Waals surface area contributed by atoms with E-state index in [0.29, 0.717) is 5.95 Å². The molecule has 2 heterocycles. The van der Waals surface area contributed by atoms with E-state index in [9.17, 15) is 4.79 Å². The van der Waals surface area contributed by atoms with Crippen molar-refractivity contribution in [3.63, 3.8) is 0 Å². The van der Waals surface area contributed by atoms with Crippen LogP contribution in [-0.4, -0.2) is 41.1 Å². The van der Waals surface area contributed by atoms with E-state index in [4.69, 9.17) is 4.74 Å². The molecule has 0 unspecified atom stereocenters. The average Bonchev–Trinajstić information content (AvgIpc) is 3.07. The normalized spacial score (nSPS) is 10.6. The predicted molar refractivity (Wildman–Crippen MR) is 117 cm³/mol. The first-order valence-corrected chi connectivity index (χ1v) is 10.0. The summed E-state index contributed by atoms with van der Waals surface area (Å²) in [5, 5.41) is 10.1. The molecule has 29 heavy (non-hydrogen) atoms. The highest BCUT2D eigenvalue weighted by Gasteiger charge is 2.12. The SMILES string of the molecule is COCCCNc1nc(C)c(-c2ccnc(Nc3ccc(NC(C)=O)cc3)n2)s1. The van der Waals surface area contributed by atoms with Crippen molar-refractivity contribution >= 4 is 39.7 Å². The Morgan fingerprint density at radius 3 is 2.62 bits per heavy atom. The molecule has 0 fully saturated rings. The highest BCUT2D eigenvalue weighted by molar-refractivity contribution is 7.19. The topological polar surface area (TPSA) is 101 Å². The number of rotatable bonds is 9. The van der Waals surface area contributed by atoms with E-state index in [1.54, 1.807) is 24.6 Å². The van der Waals surface area contributed by atoms with Crippen LogP contribution in [-0.2, 0) is 9.53 Å². The van der Waals surface area contributed by atoms with Crippen molar-refractivity contribution in [3.05, 3.63) is 42.2 Å². The van der Waals surface area contributed by atoms with Crippen LogP contribution < -0.4 is 16.0 Å². The van der Waals surface area contributed by atoms with Gasteiger partial charge in [0.2, 0.25) is 11.9 Å². The molecule has 0 spiro atoms. The summed E-state index contributed by atoms with van der Waals surface area (Å²) in [6.45, 7) is 4.98. The Balaban J connectivity index is 1.69. The smallest absolute Gasteiger partial charge is 0.227 e. The molecule has 1 amide bonds. The number of thiazole rings is 1. The number of methoxy groups -OCH3 is 1. The zero-order valence-corrected chi connectivity index (χ0v) is 17.5. The molecule has 0 saturated carbocycles. The summed E-state index contributed by atoms with van der Waals surface area (Å²) in [5.41, 5.74) is 3.31. The Hall–Kier alpha value is -3.04. The Labute approximate surface area is 173 Å². The van der Waals surface area contributed by atoms with Crippen molar-refractivity contribution in [2.75, 3.05) is 36.2 Å². The summed E-state index contributed by atoms with van der Waals surface area (Å²) < 4.78 is 5.06. The summed E-state index contributed by atoms with van der Waals surface area (Å²) in [4.78, 5) is 25.6. The molecule has 0 radical (unpaired) electrons. The lowest BCUT2D eigenvalue weighted by atomic mass is 10.2. The standard InChI is InChI=1S/C20H24N6O2S/c1-13-18(29-20(23-13)22-10-4-12-28-3)17-9-11-21-19(26-17)25-16-7-5-15(6-8-16)24-14(2)27/h5-9,11H,4,10,12H2,1-3H3,(H,22,23)(H,24,27)(H,21,25,26). The van der Waals surface area contributed by atoms with Crippen molar-refractivity contribution in [2.45, 2.75) is 20.3 Å². The number of aromatic nitrogens is 3. The number of aryl methyl sites for hydroxylation is 1. The Morgan fingerprint density at radius 1 is 1.14 bits per heavy atom. The first-order valence-electron chi connectivity index (χ1n) is 9.23. The first kappa shape index (κ1) is 20.7. The molecule has 0 aliphatic carbocycles. The van der Waals surface area contributed by atoms with Crippen molar-refractivity contribution in [2.24, 2.45) is 0 Å². The molecular weight excluding hydrogens is 388 g/mol. The third-order valence-corrected chi connectivity index (χ3v) is 5.09. The molecule has 9 heteroatoms. The number of carbonyl (C=O) groups is 1. The summed E-state index contributed by atoms with van der Waals surface area (Å²) >= 11 is 1.57. The van der Waals surface area contributed by atoms with Crippen LogP contribution in [0.4, 0.5) is 22.5 Å². The number of hydrogen-bond donors (Lipinski definition) is 3. The largest absolute Gasteiger partial charge is 0.385 e. The maximum Gasteiger partial charge on any atom is 0.227 e. The van der Waals surface area contributed by atoms with E-state index in [2.05, 4.69) is 30.9 Å². The predicted octanol–water partition coefficient (Wildman–Crippen LogP) is 4.06. The molecule has 1 aromatic carbocycles. The molecule has 8 nitrogen and oxygen atoms in total. The van der Waals surface area contributed by atoms with Gasteiger partial charge in [-0.2, -0.15) is 0 Å². The van der Waals surface area contributed by atoms with Crippen LogP contribution in [0.25, 0.3) is 10.6 Å². The maximum absolute atomic E-state index is 11.1. The number of anilines is 4. The minimum absolute atomic E-state index is 0.103. The van der Waals surface area contributed by atoms with E-state index in [1.807, 2.05) is 37.3 Å². The number of nitrogens with zero attached hydrogens (tertiary/aromatic N) is 3. The lowest BCUT2D eigenvalue weighted by Gasteiger charge is -2.07. The molecule has 2 aromatic heterocycles. The summed E-state index contributed by atoms with van der Waals surface area (Å²) in [6, 6.07) is 9.24. The number of ether oxygens (including phenoxy) is 1. The Kier molecular flexibility index (Phi) is 7.09. The molecular formula is C20H24N6O2S. The van der Waals surface area contributed by atoms with Gasteiger partial charge in [0, 0.05) is 44.8 Å².